The molecule has 2 aliphatic rings. The van der Waals surface area contributed by atoms with Crippen molar-refractivity contribution >= 4 is 44.4 Å². The lowest BCUT2D eigenvalue weighted by Gasteiger charge is -2.38. The normalized spacial score (nSPS) is 22.0. The molecule has 4 nitrogen and oxygen atoms in total. The zero-order valence-corrected chi connectivity index (χ0v) is 15.8. The monoisotopic (exact) mass is 396 g/mol. The number of rotatable bonds is 1. The lowest BCUT2D eigenvalue weighted by Crippen LogP contribution is -2.36. The number of benzene rings is 2. The Labute approximate surface area is 157 Å². The molecule has 132 valence electrons. The van der Waals surface area contributed by atoms with Crippen LogP contribution in [0, 0.1) is 0 Å². The van der Waals surface area contributed by atoms with Gasteiger partial charge in [0.25, 0.3) is 0 Å². The number of halogens is 2. The molecule has 1 atom stereocenters. The van der Waals surface area contributed by atoms with Crippen LogP contribution in [0.2, 0.25) is 10.0 Å². The van der Waals surface area contributed by atoms with Crippen LogP contribution in [-0.4, -0.2) is 27.5 Å². The largest absolute Gasteiger partial charge is 0.336 e. The Morgan fingerprint density at radius 1 is 0.920 bits per heavy atom. The number of anilines is 2. The van der Waals surface area contributed by atoms with Gasteiger partial charge in [-0.25, -0.2) is 8.42 Å². The Bertz CT molecular complexity index is 863. The van der Waals surface area contributed by atoms with Crippen molar-refractivity contribution < 1.29 is 8.42 Å². The molecule has 0 radical (unpaired) electrons. The third-order valence-corrected chi connectivity index (χ3v) is 7.13. The predicted octanol–water partition coefficient (Wildman–Crippen LogP) is 4.42. The van der Waals surface area contributed by atoms with Gasteiger partial charge >= 0.3 is 0 Å². The first kappa shape index (κ1) is 17.2. The van der Waals surface area contributed by atoms with E-state index in [0.717, 1.165) is 32.4 Å². The summed E-state index contributed by atoms with van der Waals surface area (Å²) in [5.41, 5.74) is 1.40. The summed E-state index contributed by atoms with van der Waals surface area (Å²) >= 11 is 12.2. The minimum atomic E-state index is -3.65. The number of nitrogens with one attached hydrogen (secondary N) is 1. The third-order valence-electron chi connectivity index (χ3n) is 4.85. The topological polar surface area (TPSA) is 49.4 Å². The molecule has 0 amide bonds. The average molecular weight is 397 g/mol. The highest BCUT2D eigenvalue weighted by atomic mass is 35.5. The summed E-state index contributed by atoms with van der Waals surface area (Å²) in [6.07, 6.45) is 3.00. The highest BCUT2D eigenvalue weighted by Gasteiger charge is 2.37. The summed E-state index contributed by atoms with van der Waals surface area (Å²) in [6.45, 7) is 1.91. The lowest BCUT2D eigenvalue weighted by molar-refractivity contribution is 0.565. The molecule has 0 unspecified atom stereocenters. The van der Waals surface area contributed by atoms with E-state index in [4.69, 9.17) is 23.2 Å². The Balaban J connectivity index is 1.96. The summed E-state index contributed by atoms with van der Waals surface area (Å²) in [4.78, 5) is 2.67. The van der Waals surface area contributed by atoms with E-state index in [-0.39, 0.29) is 15.8 Å². The standard InChI is InChI=1S/C18H18Cl2N2O2S/c19-12-3-5-15-17(10-12)25(23,24)18-11-13(20)4-6-16(18)22(15)14-2-1-8-21-9-7-14/h3-6,10-11,14,21H,1-2,7-9H2/t14-/m1/s1. The molecule has 7 heteroatoms. The van der Waals surface area contributed by atoms with Gasteiger partial charge in [-0.2, -0.15) is 0 Å². The molecule has 2 aromatic rings. The molecular formula is C18H18Cl2N2O2S. The van der Waals surface area contributed by atoms with Crippen molar-refractivity contribution in [2.24, 2.45) is 0 Å². The second-order valence-electron chi connectivity index (χ2n) is 6.43. The van der Waals surface area contributed by atoms with Crippen molar-refractivity contribution in [1.29, 1.82) is 0 Å². The molecule has 25 heavy (non-hydrogen) atoms. The SMILES string of the molecule is O=S1(=O)c2cc(Cl)ccc2N([C@@H]2CCCNCC2)c2ccc(Cl)cc21. The van der Waals surface area contributed by atoms with Gasteiger partial charge in [-0.1, -0.05) is 23.2 Å². The van der Waals surface area contributed by atoms with Crippen LogP contribution in [0.4, 0.5) is 11.4 Å². The van der Waals surface area contributed by atoms with Crippen molar-refractivity contribution in [3.63, 3.8) is 0 Å². The highest BCUT2D eigenvalue weighted by Crippen LogP contribution is 2.47. The van der Waals surface area contributed by atoms with Crippen molar-refractivity contribution in [2.75, 3.05) is 18.0 Å². The van der Waals surface area contributed by atoms with E-state index in [1.54, 1.807) is 12.1 Å². The summed E-state index contributed by atoms with van der Waals surface area (Å²) in [5, 5.41) is 4.24. The van der Waals surface area contributed by atoms with Crippen LogP contribution >= 0.6 is 23.2 Å². The van der Waals surface area contributed by atoms with Gasteiger partial charge < -0.3 is 10.2 Å². The number of hydrogen-bond acceptors (Lipinski definition) is 4. The second-order valence-corrected chi connectivity index (χ2v) is 9.19. The maximum atomic E-state index is 13.1. The quantitative estimate of drug-likeness (QED) is 0.774. The Morgan fingerprint density at radius 3 is 2.12 bits per heavy atom. The van der Waals surface area contributed by atoms with Gasteiger partial charge in [0.05, 0.1) is 21.2 Å². The molecule has 1 fully saturated rings. The fourth-order valence-corrected chi connectivity index (χ4v) is 5.86. The molecule has 0 aromatic heterocycles. The van der Waals surface area contributed by atoms with E-state index >= 15 is 0 Å². The number of fused-ring (bicyclic) bond motifs is 2. The van der Waals surface area contributed by atoms with Gasteiger partial charge in [-0.15, -0.1) is 0 Å². The fourth-order valence-electron chi connectivity index (χ4n) is 3.70. The van der Waals surface area contributed by atoms with E-state index in [1.165, 1.54) is 12.1 Å². The first-order valence-electron chi connectivity index (χ1n) is 8.32. The Kier molecular flexibility index (Phi) is 4.44. The predicted molar refractivity (Wildman–Crippen MR) is 101 cm³/mol. The van der Waals surface area contributed by atoms with E-state index in [9.17, 15) is 8.42 Å². The lowest BCUT2D eigenvalue weighted by atomic mass is 10.0. The summed E-state index contributed by atoms with van der Waals surface area (Å²) in [5.74, 6) is 0. The van der Waals surface area contributed by atoms with Crippen LogP contribution in [0.1, 0.15) is 19.3 Å². The molecular weight excluding hydrogens is 379 g/mol. The highest BCUT2D eigenvalue weighted by molar-refractivity contribution is 7.92. The average Bonchev–Trinajstić information content (AvgIpc) is 2.86. The molecule has 4 rings (SSSR count). The van der Waals surface area contributed by atoms with Crippen LogP contribution in [0.3, 0.4) is 0 Å². The van der Waals surface area contributed by atoms with Crippen molar-refractivity contribution in [1.82, 2.24) is 5.32 Å². The molecule has 2 aliphatic heterocycles. The van der Waals surface area contributed by atoms with Crippen LogP contribution in [0.5, 0.6) is 0 Å². The molecule has 2 heterocycles. The molecule has 0 saturated carbocycles. The van der Waals surface area contributed by atoms with Gasteiger partial charge in [0.1, 0.15) is 0 Å². The van der Waals surface area contributed by atoms with Crippen LogP contribution in [-0.2, 0) is 9.84 Å². The van der Waals surface area contributed by atoms with E-state index < -0.39 is 9.84 Å². The second kappa shape index (κ2) is 6.47. The number of sulfone groups is 1. The molecule has 0 spiro atoms. The van der Waals surface area contributed by atoms with E-state index in [1.807, 2.05) is 12.1 Å². The zero-order valence-electron chi connectivity index (χ0n) is 13.5. The van der Waals surface area contributed by atoms with Crippen LogP contribution in [0.15, 0.2) is 46.2 Å². The Hall–Kier alpha value is -1.27. The summed E-state index contributed by atoms with van der Waals surface area (Å²) in [7, 11) is -3.65. The minimum absolute atomic E-state index is 0.227. The summed E-state index contributed by atoms with van der Waals surface area (Å²) in [6, 6.07) is 10.4. The van der Waals surface area contributed by atoms with Gasteiger partial charge in [0.15, 0.2) is 0 Å². The van der Waals surface area contributed by atoms with Crippen LogP contribution < -0.4 is 10.2 Å². The summed E-state index contributed by atoms with van der Waals surface area (Å²) < 4.78 is 26.3. The van der Waals surface area contributed by atoms with Crippen molar-refractivity contribution in [3.8, 4) is 0 Å². The zero-order chi connectivity index (χ0) is 17.6. The maximum Gasteiger partial charge on any atom is 0.210 e. The van der Waals surface area contributed by atoms with Crippen molar-refractivity contribution in [3.05, 3.63) is 46.4 Å². The molecule has 1 saturated heterocycles. The van der Waals surface area contributed by atoms with E-state index in [0.29, 0.717) is 21.4 Å². The van der Waals surface area contributed by atoms with Gasteiger partial charge in [-0.05, 0) is 68.8 Å². The van der Waals surface area contributed by atoms with Crippen LogP contribution in [0.25, 0.3) is 0 Å². The molecule has 2 aromatic carbocycles. The molecule has 0 aliphatic carbocycles. The van der Waals surface area contributed by atoms with Gasteiger partial charge in [0.2, 0.25) is 9.84 Å². The molecule has 1 N–H and O–H groups in total. The number of hydrogen-bond donors (Lipinski definition) is 1. The third kappa shape index (κ3) is 2.93. The molecule has 0 bridgehead atoms. The van der Waals surface area contributed by atoms with E-state index in [2.05, 4.69) is 10.2 Å². The first-order chi connectivity index (χ1) is 12.0. The maximum absolute atomic E-state index is 13.1. The fraction of sp³-hybridized carbons (Fsp3) is 0.333. The van der Waals surface area contributed by atoms with Gasteiger partial charge in [-0.3, -0.25) is 0 Å². The number of nitrogens with zero attached hydrogens (tertiary/aromatic N) is 1. The van der Waals surface area contributed by atoms with Crippen molar-refractivity contribution in [2.45, 2.75) is 35.1 Å². The van der Waals surface area contributed by atoms with Gasteiger partial charge in [0, 0.05) is 16.1 Å². The minimum Gasteiger partial charge on any atom is -0.336 e. The first-order valence-corrected chi connectivity index (χ1v) is 10.6. The Morgan fingerprint density at radius 2 is 1.52 bits per heavy atom. The smallest absolute Gasteiger partial charge is 0.210 e.